The Morgan fingerprint density at radius 3 is 2.70 bits per heavy atom. The molecular weight excluding hydrogens is 283 g/mol. The average molecular weight is 295 g/mol. The van der Waals surface area contributed by atoms with Crippen LogP contribution < -0.4 is 10.6 Å². The van der Waals surface area contributed by atoms with Crippen molar-refractivity contribution in [3.8, 4) is 5.75 Å². The Hall–Kier alpha value is -2.27. The highest BCUT2D eigenvalue weighted by atomic mass is 35.5. The van der Waals surface area contributed by atoms with Crippen molar-refractivity contribution in [2.45, 2.75) is 0 Å². The first-order chi connectivity index (χ1) is 9.41. The summed E-state index contributed by atoms with van der Waals surface area (Å²) in [5, 5.41) is 10.0. The molecule has 20 heavy (non-hydrogen) atoms. The van der Waals surface area contributed by atoms with Gasteiger partial charge in [0.15, 0.2) is 0 Å². The summed E-state index contributed by atoms with van der Waals surface area (Å²) in [5.74, 6) is -1.94. The molecule has 2 rings (SSSR count). The zero-order valence-electron chi connectivity index (χ0n) is 10.6. The summed E-state index contributed by atoms with van der Waals surface area (Å²) < 4.78 is 13.7. The highest BCUT2D eigenvalue weighted by Gasteiger charge is 2.22. The van der Waals surface area contributed by atoms with Crippen LogP contribution in [0.15, 0.2) is 36.4 Å². The van der Waals surface area contributed by atoms with Crippen LogP contribution >= 0.6 is 11.6 Å². The molecule has 0 spiro atoms. The largest absolute Gasteiger partial charge is 0.507 e. The van der Waals surface area contributed by atoms with Crippen molar-refractivity contribution in [2.75, 3.05) is 17.7 Å². The monoisotopic (exact) mass is 294 g/mol. The molecule has 3 N–H and O–H groups in total. The molecule has 0 aliphatic heterocycles. The molecule has 0 saturated carbocycles. The highest BCUT2D eigenvalue weighted by Crippen LogP contribution is 2.29. The lowest BCUT2D eigenvalue weighted by atomic mass is 10.1. The Morgan fingerprint density at radius 1 is 1.35 bits per heavy atom. The summed E-state index contributed by atoms with van der Waals surface area (Å²) in [5.41, 5.74) is 6.02. The van der Waals surface area contributed by atoms with E-state index in [1.165, 1.54) is 25.2 Å². The Labute approximate surface area is 120 Å². The number of carbonyl (C=O) groups is 1. The van der Waals surface area contributed by atoms with Crippen LogP contribution in [0.1, 0.15) is 10.4 Å². The molecule has 0 aliphatic rings. The maximum Gasteiger partial charge on any atom is 0.264 e. The minimum Gasteiger partial charge on any atom is -0.507 e. The van der Waals surface area contributed by atoms with Gasteiger partial charge in [0.25, 0.3) is 5.91 Å². The van der Waals surface area contributed by atoms with E-state index in [-0.39, 0.29) is 0 Å². The van der Waals surface area contributed by atoms with Crippen molar-refractivity contribution in [1.82, 2.24) is 0 Å². The first-order valence-electron chi connectivity index (χ1n) is 5.72. The number of nitrogens with two attached hydrogens (primary N) is 1. The van der Waals surface area contributed by atoms with Crippen LogP contribution in [-0.4, -0.2) is 18.1 Å². The number of nitrogens with zero attached hydrogens (tertiary/aromatic N) is 1. The fourth-order valence-corrected chi connectivity index (χ4v) is 1.98. The number of hydrogen-bond acceptors (Lipinski definition) is 3. The van der Waals surface area contributed by atoms with Crippen molar-refractivity contribution >= 4 is 28.9 Å². The Kier molecular flexibility index (Phi) is 3.81. The molecule has 0 aliphatic carbocycles. The number of halogens is 2. The molecule has 0 aromatic heterocycles. The molecule has 2 aromatic carbocycles. The lowest BCUT2D eigenvalue weighted by Gasteiger charge is -2.20. The second kappa shape index (κ2) is 5.38. The number of amides is 1. The van der Waals surface area contributed by atoms with Crippen LogP contribution in [0.25, 0.3) is 0 Å². The van der Waals surface area contributed by atoms with Crippen molar-refractivity contribution in [2.24, 2.45) is 0 Å². The third-order valence-electron chi connectivity index (χ3n) is 2.86. The molecule has 104 valence electrons. The quantitative estimate of drug-likeness (QED) is 0.837. The molecule has 0 unspecified atom stereocenters. The Balaban J connectivity index is 2.45. The zero-order valence-corrected chi connectivity index (χ0v) is 11.4. The lowest BCUT2D eigenvalue weighted by molar-refractivity contribution is 0.0986. The standard InChI is InChI=1S/C14H12ClFN2O2/c1-18(11-7-8(15)5-6-10(11)17)14(20)13-9(16)3-2-4-12(13)19/h2-7,19H,17H2,1H3. The molecule has 0 atom stereocenters. The molecule has 0 radical (unpaired) electrons. The van der Waals surface area contributed by atoms with E-state index in [1.54, 1.807) is 12.1 Å². The number of benzene rings is 2. The Morgan fingerprint density at radius 2 is 2.05 bits per heavy atom. The normalized spacial score (nSPS) is 10.3. The summed E-state index contributed by atoms with van der Waals surface area (Å²) in [6.45, 7) is 0. The Bertz CT molecular complexity index is 656. The van der Waals surface area contributed by atoms with Crippen molar-refractivity contribution in [3.05, 3.63) is 52.8 Å². The van der Waals surface area contributed by atoms with E-state index >= 15 is 0 Å². The van der Waals surface area contributed by atoms with Gasteiger partial charge in [0, 0.05) is 12.1 Å². The van der Waals surface area contributed by atoms with Crippen LogP contribution in [0.2, 0.25) is 5.02 Å². The van der Waals surface area contributed by atoms with Crippen LogP contribution in [0.5, 0.6) is 5.75 Å². The summed E-state index contributed by atoms with van der Waals surface area (Å²) in [6.07, 6.45) is 0. The van der Waals surface area contributed by atoms with Crippen molar-refractivity contribution in [1.29, 1.82) is 0 Å². The van der Waals surface area contributed by atoms with Crippen LogP contribution in [0.3, 0.4) is 0 Å². The SMILES string of the molecule is CN(C(=O)c1c(O)cccc1F)c1cc(Cl)ccc1N. The second-order valence-corrected chi connectivity index (χ2v) is 4.64. The predicted molar refractivity (Wildman–Crippen MR) is 76.7 cm³/mol. The van der Waals surface area contributed by atoms with Gasteiger partial charge in [0.1, 0.15) is 17.1 Å². The van der Waals surface area contributed by atoms with E-state index in [1.807, 2.05) is 0 Å². The van der Waals surface area contributed by atoms with E-state index in [4.69, 9.17) is 17.3 Å². The van der Waals surface area contributed by atoms with Gasteiger partial charge >= 0.3 is 0 Å². The number of carbonyl (C=O) groups excluding carboxylic acids is 1. The van der Waals surface area contributed by atoms with E-state index in [0.29, 0.717) is 16.4 Å². The number of nitrogen functional groups attached to an aromatic ring is 1. The van der Waals surface area contributed by atoms with Gasteiger partial charge in [-0.1, -0.05) is 17.7 Å². The number of rotatable bonds is 2. The first kappa shape index (κ1) is 14.1. The van der Waals surface area contributed by atoms with Crippen LogP contribution in [0, 0.1) is 5.82 Å². The van der Waals surface area contributed by atoms with E-state index in [9.17, 15) is 14.3 Å². The van der Waals surface area contributed by atoms with Gasteiger partial charge in [-0.15, -0.1) is 0 Å². The second-order valence-electron chi connectivity index (χ2n) is 4.20. The highest BCUT2D eigenvalue weighted by molar-refractivity contribution is 6.31. The fourth-order valence-electron chi connectivity index (χ4n) is 1.81. The average Bonchev–Trinajstić information content (AvgIpc) is 2.40. The third kappa shape index (κ3) is 2.53. The van der Waals surface area contributed by atoms with E-state index in [2.05, 4.69) is 0 Å². The zero-order chi connectivity index (χ0) is 14.9. The molecule has 2 aromatic rings. The fraction of sp³-hybridized carbons (Fsp3) is 0.0714. The van der Waals surface area contributed by atoms with E-state index < -0.39 is 23.0 Å². The van der Waals surface area contributed by atoms with Crippen molar-refractivity contribution in [3.63, 3.8) is 0 Å². The smallest absolute Gasteiger partial charge is 0.264 e. The molecule has 0 heterocycles. The third-order valence-corrected chi connectivity index (χ3v) is 3.10. The van der Waals surface area contributed by atoms with Gasteiger partial charge in [0.05, 0.1) is 11.4 Å². The molecule has 0 bridgehead atoms. The van der Waals surface area contributed by atoms with Gasteiger partial charge in [-0.3, -0.25) is 4.79 Å². The summed E-state index contributed by atoms with van der Waals surface area (Å²) in [7, 11) is 1.43. The molecule has 4 nitrogen and oxygen atoms in total. The lowest BCUT2D eigenvalue weighted by Crippen LogP contribution is -2.28. The number of phenols is 1. The van der Waals surface area contributed by atoms with Gasteiger partial charge in [-0.25, -0.2) is 4.39 Å². The molecular formula is C14H12ClFN2O2. The number of anilines is 2. The van der Waals surface area contributed by atoms with Gasteiger partial charge in [0.2, 0.25) is 0 Å². The van der Waals surface area contributed by atoms with E-state index in [0.717, 1.165) is 11.0 Å². The first-order valence-corrected chi connectivity index (χ1v) is 6.10. The van der Waals surface area contributed by atoms with Gasteiger partial charge in [-0.2, -0.15) is 0 Å². The summed E-state index contributed by atoms with van der Waals surface area (Å²) >= 11 is 5.86. The van der Waals surface area contributed by atoms with Gasteiger partial charge < -0.3 is 15.7 Å². The maximum atomic E-state index is 13.7. The van der Waals surface area contributed by atoms with Crippen LogP contribution in [0.4, 0.5) is 15.8 Å². The minimum absolute atomic E-state index is 0.320. The number of aromatic hydroxyl groups is 1. The van der Waals surface area contributed by atoms with Crippen LogP contribution in [-0.2, 0) is 0 Å². The summed E-state index contributed by atoms with van der Waals surface area (Å²) in [6, 6.07) is 8.28. The number of hydrogen-bond donors (Lipinski definition) is 2. The number of phenolic OH excluding ortho intramolecular Hbond substituents is 1. The topological polar surface area (TPSA) is 66.6 Å². The maximum absolute atomic E-state index is 13.7. The summed E-state index contributed by atoms with van der Waals surface area (Å²) in [4.78, 5) is 13.4. The molecule has 0 fully saturated rings. The molecule has 6 heteroatoms. The van der Waals surface area contributed by atoms with Gasteiger partial charge in [-0.05, 0) is 30.3 Å². The molecule has 0 saturated heterocycles. The molecule has 1 amide bonds. The minimum atomic E-state index is -0.803. The predicted octanol–water partition coefficient (Wildman–Crippen LogP) is 3.04. The van der Waals surface area contributed by atoms with Crippen molar-refractivity contribution < 1.29 is 14.3 Å².